The van der Waals surface area contributed by atoms with E-state index in [9.17, 15) is 27.6 Å². The molecule has 158 valence electrons. The molecule has 0 saturated carbocycles. The summed E-state index contributed by atoms with van der Waals surface area (Å²) in [6, 6.07) is 0. The summed E-state index contributed by atoms with van der Waals surface area (Å²) in [6.45, 7) is 3.34. The maximum Gasteiger partial charge on any atom is 0.434 e. The van der Waals surface area contributed by atoms with Crippen LogP contribution in [-0.4, -0.2) is 34.2 Å². The van der Waals surface area contributed by atoms with Crippen LogP contribution in [0.1, 0.15) is 55.1 Å². The van der Waals surface area contributed by atoms with Gasteiger partial charge in [0.05, 0.1) is 21.5 Å². The second kappa shape index (κ2) is 8.53. The molecule has 0 aliphatic carbocycles. The molecule has 2 aromatic heterocycles. The molecule has 0 aromatic carbocycles. The lowest BCUT2D eigenvalue weighted by Crippen LogP contribution is -2.16. The number of nitrogens with zero attached hydrogens (tertiary/aromatic N) is 2. The van der Waals surface area contributed by atoms with Gasteiger partial charge in [0, 0.05) is 7.05 Å². The predicted octanol–water partition coefficient (Wildman–Crippen LogP) is 3.49. The maximum absolute atomic E-state index is 13.1. The molecule has 29 heavy (non-hydrogen) atoms. The zero-order chi connectivity index (χ0) is 22.1. The van der Waals surface area contributed by atoms with Crippen molar-refractivity contribution < 1.29 is 32.3 Å². The minimum Gasteiger partial charge on any atom is -0.462 e. The van der Waals surface area contributed by atoms with Crippen molar-refractivity contribution >= 4 is 50.1 Å². The molecule has 0 saturated heterocycles. The van der Waals surface area contributed by atoms with Gasteiger partial charge in [0.2, 0.25) is 0 Å². The van der Waals surface area contributed by atoms with Gasteiger partial charge in [0.15, 0.2) is 11.4 Å². The van der Waals surface area contributed by atoms with Crippen LogP contribution in [0.5, 0.6) is 0 Å². The maximum atomic E-state index is 13.1. The standard InChI is InChI=1S/C16H16BrF3N4O4S/c1-4-5-28-15(27)7-6(2)10(12(21)25)29-14(7)22-13(26)9-8(17)11(16(18,19)20)24(3)23-9/h4-5H2,1-3H3,(H2,21,25)(H,22,26). The van der Waals surface area contributed by atoms with Crippen molar-refractivity contribution in [1.82, 2.24) is 9.78 Å². The molecule has 0 unspecified atom stereocenters. The van der Waals surface area contributed by atoms with Crippen LogP contribution in [0.2, 0.25) is 0 Å². The number of thiophene rings is 1. The average molecular weight is 497 g/mol. The van der Waals surface area contributed by atoms with Crippen molar-refractivity contribution in [2.45, 2.75) is 26.4 Å². The highest BCUT2D eigenvalue weighted by Crippen LogP contribution is 2.37. The number of alkyl halides is 3. The number of aryl methyl sites for hydroxylation is 1. The van der Waals surface area contributed by atoms with Crippen molar-refractivity contribution in [3.63, 3.8) is 0 Å². The molecule has 2 heterocycles. The first-order chi connectivity index (χ1) is 13.4. The molecule has 2 amide bonds. The number of carbonyl (C=O) groups is 3. The molecule has 0 bridgehead atoms. The fraction of sp³-hybridized carbons (Fsp3) is 0.375. The van der Waals surface area contributed by atoms with E-state index in [0.717, 1.165) is 18.4 Å². The predicted molar refractivity (Wildman–Crippen MR) is 102 cm³/mol. The topological polar surface area (TPSA) is 116 Å². The van der Waals surface area contributed by atoms with E-state index in [1.807, 2.05) is 0 Å². The third kappa shape index (κ3) is 4.61. The summed E-state index contributed by atoms with van der Waals surface area (Å²) >= 11 is 3.47. The Kier molecular flexibility index (Phi) is 6.73. The minimum atomic E-state index is -4.74. The third-order valence-electron chi connectivity index (χ3n) is 3.71. The number of carbonyl (C=O) groups excluding carboxylic acids is 3. The molecule has 0 spiro atoms. The van der Waals surface area contributed by atoms with Crippen LogP contribution >= 0.6 is 27.3 Å². The zero-order valence-corrected chi connectivity index (χ0v) is 17.8. The van der Waals surface area contributed by atoms with E-state index in [1.54, 1.807) is 6.92 Å². The van der Waals surface area contributed by atoms with Gasteiger partial charge < -0.3 is 15.8 Å². The first-order valence-corrected chi connectivity index (χ1v) is 9.72. The van der Waals surface area contributed by atoms with E-state index in [2.05, 4.69) is 26.3 Å². The van der Waals surface area contributed by atoms with Gasteiger partial charge in [-0.3, -0.25) is 14.3 Å². The van der Waals surface area contributed by atoms with E-state index < -0.39 is 39.8 Å². The smallest absolute Gasteiger partial charge is 0.434 e. The zero-order valence-electron chi connectivity index (χ0n) is 15.4. The molecule has 2 rings (SSSR count). The first-order valence-electron chi connectivity index (χ1n) is 8.11. The Morgan fingerprint density at radius 2 is 1.97 bits per heavy atom. The number of esters is 1. The van der Waals surface area contributed by atoms with Crippen LogP contribution in [0.25, 0.3) is 0 Å². The monoisotopic (exact) mass is 496 g/mol. The Labute approximate surface area is 175 Å². The van der Waals surface area contributed by atoms with Gasteiger partial charge >= 0.3 is 12.1 Å². The molecule has 0 aliphatic heterocycles. The molecule has 3 N–H and O–H groups in total. The van der Waals surface area contributed by atoms with Gasteiger partial charge in [-0.25, -0.2) is 4.79 Å². The van der Waals surface area contributed by atoms with Crippen LogP contribution in [0.15, 0.2) is 4.47 Å². The van der Waals surface area contributed by atoms with Crippen molar-refractivity contribution in [3.8, 4) is 0 Å². The Bertz CT molecular complexity index is 984. The van der Waals surface area contributed by atoms with Gasteiger partial charge in [-0.05, 0) is 34.8 Å². The number of nitrogens with two attached hydrogens (primary N) is 1. The third-order valence-corrected chi connectivity index (χ3v) is 5.68. The van der Waals surface area contributed by atoms with Crippen LogP contribution in [0.3, 0.4) is 0 Å². The van der Waals surface area contributed by atoms with E-state index >= 15 is 0 Å². The summed E-state index contributed by atoms with van der Waals surface area (Å²) < 4.78 is 44.4. The molecule has 0 aliphatic rings. The van der Waals surface area contributed by atoms with Gasteiger partial charge in [0.25, 0.3) is 11.8 Å². The minimum absolute atomic E-state index is 0.0137. The van der Waals surface area contributed by atoms with E-state index in [-0.39, 0.29) is 27.6 Å². The van der Waals surface area contributed by atoms with Crippen LogP contribution in [0.4, 0.5) is 18.2 Å². The molecule has 0 radical (unpaired) electrons. The summed E-state index contributed by atoms with van der Waals surface area (Å²) in [5.74, 6) is -2.62. The van der Waals surface area contributed by atoms with Gasteiger partial charge in [0.1, 0.15) is 5.00 Å². The van der Waals surface area contributed by atoms with Crippen molar-refractivity contribution in [3.05, 3.63) is 31.9 Å². The lowest BCUT2D eigenvalue weighted by atomic mass is 10.1. The van der Waals surface area contributed by atoms with Crippen molar-refractivity contribution in [2.75, 3.05) is 11.9 Å². The van der Waals surface area contributed by atoms with Gasteiger partial charge in [-0.1, -0.05) is 6.92 Å². The number of hydrogen-bond donors (Lipinski definition) is 2. The number of hydrogen-bond acceptors (Lipinski definition) is 6. The lowest BCUT2D eigenvalue weighted by molar-refractivity contribution is -0.144. The van der Waals surface area contributed by atoms with E-state index in [1.165, 1.54) is 6.92 Å². The SMILES string of the molecule is CCCOC(=O)c1c(NC(=O)c2nn(C)c(C(F)(F)F)c2Br)sc(C(N)=O)c1C. The molecule has 0 atom stereocenters. The van der Waals surface area contributed by atoms with Crippen molar-refractivity contribution in [1.29, 1.82) is 0 Å². The number of amides is 2. The Balaban J connectivity index is 2.46. The Morgan fingerprint density at radius 3 is 2.45 bits per heavy atom. The summed E-state index contributed by atoms with van der Waals surface area (Å²) in [6.07, 6.45) is -4.20. The van der Waals surface area contributed by atoms with E-state index in [0.29, 0.717) is 11.1 Å². The lowest BCUT2D eigenvalue weighted by Gasteiger charge is -2.07. The quantitative estimate of drug-likeness (QED) is 0.593. The second-order valence-corrected chi connectivity index (χ2v) is 7.66. The fourth-order valence-corrected chi connectivity index (χ4v) is 4.25. The summed E-state index contributed by atoms with van der Waals surface area (Å²) in [4.78, 5) is 36.5. The number of anilines is 1. The first kappa shape index (κ1) is 22.9. The largest absolute Gasteiger partial charge is 0.462 e. The summed E-state index contributed by atoms with van der Waals surface area (Å²) in [7, 11) is 1.04. The summed E-state index contributed by atoms with van der Waals surface area (Å²) in [5.41, 5.74) is 3.72. The second-order valence-electron chi connectivity index (χ2n) is 5.85. The Morgan fingerprint density at radius 1 is 1.34 bits per heavy atom. The molecular weight excluding hydrogens is 481 g/mol. The molecule has 2 aromatic rings. The number of halogens is 4. The van der Waals surface area contributed by atoms with Gasteiger partial charge in [-0.2, -0.15) is 18.3 Å². The van der Waals surface area contributed by atoms with Crippen LogP contribution in [-0.2, 0) is 18.0 Å². The summed E-state index contributed by atoms with van der Waals surface area (Å²) in [5, 5.41) is 5.85. The normalized spacial score (nSPS) is 11.4. The Hall–Kier alpha value is -2.41. The number of primary amides is 1. The van der Waals surface area contributed by atoms with E-state index in [4.69, 9.17) is 10.5 Å². The molecular formula is C16H16BrF3N4O4S. The molecule has 13 heteroatoms. The van der Waals surface area contributed by atoms with Gasteiger partial charge in [-0.15, -0.1) is 11.3 Å². The van der Waals surface area contributed by atoms with Crippen LogP contribution in [0, 0.1) is 6.92 Å². The number of ether oxygens (including phenoxy) is 1. The molecule has 0 fully saturated rings. The number of rotatable bonds is 6. The highest BCUT2D eigenvalue weighted by atomic mass is 79.9. The average Bonchev–Trinajstić information content (AvgIpc) is 3.08. The van der Waals surface area contributed by atoms with Crippen molar-refractivity contribution in [2.24, 2.45) is 12.8 Å². The molecule has 8 nitrogen and oxygen atoms in total. The fourth-order valence-electron chi connectivity index (χ4n) is 2.46. The number of nitrogens with one attached hydrogen (secondary N) is 1. The number of aromatic nitrogens is 2. The highest BCUT2D eigenvalue weighted by molar-refractivity contribution is 9.10. The van der Waals surface area contributed by atoms with Crippen LogP contribution < -0.4 is 11.1 Å². The highest BCUT2D eigenvalue weighted by Gasteiger charge is 2.40.